The zero-order valence-electron chi connectivity index (χ0n) is 16.4. The van der Waals surface area contributed by atoms with E-state index in [1.54, 1.807) is 4.90 Å². The molecule has 2 unspecified atom stereocenters. The van der Waals surface area contributed by atoms with Crippen molar-refractivity contribution in [3.05, 3.63) is 53.3 Å². The first kappa shape index (κ1) is 18.7. The molecule has 2 aromatic rings. The molecule has 2 heterocycles. The number of likely N-dealkylation sites (tertiary alicyclic amines) is 1. The molecular formula is C22H28N4O2. The predicted octanol–water partition coefficient (Wildman–Crippen LogP) is 2.83. The Bertz CT molecular complexity index is 845. The summed E-state index contributed by atoms with van der Waals surface area (Å²) in [7, 11) is 0. The Morgan fingerprint density at radius 1 is 1.21 bits per heavy atom. The van der Waals surface area contributed by atoms with E-state index in [4.69, 9.17) is 0 Å². The quantitative estimate of drug-likeness (QED) is 0.867. The van der Waals surface area contributed by atoms with Crippen molar-refractivity contribution in [1.82, 2.24) is 20.0 Å². The standard InChI is InChI=1S/C22H28N4O2/c1-16(25-13-6-5-12-21(25)27)22(28)24-19-10-7-11-20-18(19)14-23-26(20)15-17-8-3-2-4-9-17/h2-4,8-9,14,16,19H,5-7,10-13,15H2,1H3,(H,24,28). The van der Waals surface area contributed by atoms with Crippen LogP contribution in [0.25, 0.3) is 0 Å². The van der Waals surface area contributed by atoms with E-state index in [1.165, 1.54) is 11.3 Å². The van der Waals surface area contributed by atoms with Crippen LogP contribution in [0.1, 0.15) is 61.9 Å². The molecule has 1 aromatic heterocycles. The highest BCUT2D eigenvalue weighted by atomic mass is 16.2. The number of nitrogens with one attached hydrogen (secondary N) is 1. The smallest absolute Gasteiger partial charge is 0.243 e. The first-order chi connectivity index (χ1) is 13.6. The number of rotatable bonds is 5. The molecule has 148 valence electrons. The van der Waals surface area contributed by atoms with E-state index in [1.807, 2.05) is 31.3 Å². The molecule has 0 saturated carbocycles. The van der Waals surface area contributed by atoms with E-state index in [0.29, 0.717) is 13.0 Å². The van der Waals surface area contributed by atoms with Gasteiger partial charge in [-0.2, -0.15) is 5.10 Å². The molecule has 2 atom stereocenters. The lowest BCUT2D eigenvalue weighted by molar-refractivity contribution is -0.142. The first-order valence-corrected chi connectivity index (χ1v) is 10.3. The molecule has 1 aliphatic heterocycles. The van der Waals surface area contributed by atoms with Gasteiger partial charge in [-0.05, 0) is 44.6 Å². The van der Waals surface area contributed by atoms with Crippen LogP contribution in [-0.4, -0.2) is 39.1 Å². The maximum atomic E-state index is 12.8. The lowest BCUT2D eigenvalue weighted by atomic mass is 9.92. The van der Waals surface area contributed by atoms with Crippen molar-refractivity contribution in [3.63, 3.8) is 0 Å². The third kappa shape index (κ3) is 3.81. The molecule has 28 heavy (non-hydrogen) atoms. The number of piperidine rings is 1. The summed E-state index contributed by atoms with van der Waals surface area (Å²) in [4.78, 5) is 26.7. The Labute approximate surface area is 165 Å². The number of hydrogen-bond donors (Lipinski definition) is 1. The van der Waals surface area contributed by atoms with Gasteiger partial charge >= 0.3 is 0 Å². The third-order valence-electron chi connectivity index (χ3n) is 5.96. The largest absolute Gasteiger partial charge is 0.347 e. The van der Waals surface area contributed by atoms with Crippen LogP contribution in [0.15, 0.2) is 36.5 Å². The van der Waals surface area contributed by atoms with Crippen LogP contribution in [-0.2, 0) is 22.6 Å². The van der Waals surface area contributed by atoms with Gasteiger partial charge in [0.2, 0.25) is 11.8 Å². The van der Waals surface area contributed by atoms with Gasteiger partial charge in [0.1, 0.15) is 6.04 Å². The summed E-state index contributed by atoms with van der Waals surface area (Å²) in [5, 5.41) is 7.78. The molecule has 1 saturated heterocycles. The fourth-order valence-corrected chi connectivity index (χ4v) is 4.33. The maximum Gasteiger partial charge on any atom is 0.243 e. The number of aromatic nitrogens is 2. The Balaban J connectivity index is 1.46. The summed E-state index contributed by atoms with van der Waals surface area (Å²) in [5.41, 5.74) is 3.55. The van der Waals surface area contributed by atoms with Gasteiger partial charge in [0.15, 0.2) is 0 Å². The molecule has 4 rings (SSSR count). The van der Waals surface area contributed by atoms with E-state index < -0.39 is 6.04 Å². The summed E-state index contributed by atoms with van der Waals surface area (Å²) >= 11 is 0. The first-order valence-electron chi connectivity index (χ1n) is 10.3. The second kappa shape index (κ2) is 8.17. The van der Waals surface area contributed by atoms with Crippen LogP contribution in [0.4, 0.5) is 0 Å². The van der Waals surface area contributed by atoms with Crippen LogP contribution in [0.3, 0.4) is 0 Å². The summed E-state index contributed by atoms with van der Waals surface area (Å²) in [6, 6.07) is 9.86. The second-order valence-electron chi connectivity index (χ2n) is 7.86. The highest BCUT2D eigenvalue weighted by Gasteiger charge is 2.31. The van der Waals surface area contributed by atoms with Gasteiger partial charge in [-0.15, -0.1) is 0 Å². The van der Waals surface area contributed by atoms with Crippen LogP contribution < -0.4 is 5.32 Å². The van der Waals surface area contributed by atoms with E-state index in [9.17, 15) is 9.59 Å². The van der Waals surface area contributed by atoms with Gasteiger partial charge in [-0.3, -0.25) is 14.3 Å². The Morgan fingerprint density at radius 3 is 2.82 bits per heavy atom. The van der Waals surface area contributed by atoms with E-state index in [0.717, 1.165) is 44.2 Å². The summed E-state index contributed by atoms with van der Waals surface area (Å²) in [6.45, 7) is 3.26. The molecule has 0 spiro atoms. The molecule has 2 amide bonds. The van der Waals surface area contributed by atoms with Crippen molar-refractivity contribution >= 4 is 11.8 Å². The Hall–Kier alpha value is -2.63. The molecule has 1 fully saturated rings. The van der Waals surface area contributed by atoms with Crippen molar-refractivity contribution in [3.8, 4) is 0 Å². The highest BCUT2D eigenvalue weighted by molar-refractivity contribution is 5.87. The van der Waals surface area contributed by atoms with Gasteiger partial charge in [0.25, 0.3) is 0 Å². The van der Waals surface area contributed by atoms with Crippen LogP contribution in [0, 0.1) is 0 Å². The van der Waals surface area contributed by atoms with Crippen LogP contribution in [0.5, 0.6) is 0 Å². The molecule has 0 bridgehead atoms. The Kier molecular flexibility index (Phi) is 5.46. The summed E-state index contributed by atoms with van der Waals surface area (Å²) in [6.07, 6.45) is 7.27. The normalized spacial score (nSPS) is 20.5. The molecule has 1 aromatic carbocycles. The molecule has 6 nitrogen and oxygen atoms in total. The monoisotopic (exact) mass is 380 g/mol. The number of carbonyl (C=O) groups excluding carboxylic acids is 2. The summed E-state index contributed by atoms with van der Waals surface area (Å²) < 4.78 is 2.06. The second-order valence-corrected chi connectivity index (χ2v) is 7.86. The SMILES string of the molecule is CC(C(=O)NC1CCCc2c1cnn2Cc1ccccc1)N1CCCCC1=O. The number of hydrogen-bond acceptors (Lipinski definition) is 3. The number of nitrogens with zero attached hydrogens (tertiary/aromatic N) is 3. The van der Waals surface area contributed by atoms with Crippen molar-refractivity contribution in [2.75, 3.05) is 6.54 Å². The zero-order chi connectivity index (χ0) is 19.5. The molecule has 2 aliphatic rings. The molecule has 6 heteroatoms. The van der Waals surface area contributed by atoms with Crippen molar-refractivity contribution in [2.45, 2.75) is 64.1 Å². The van der Waals surface area contributed by atoms with E-state index >= 15 is 0 Å². The number of amides is 2. The average Bonchev–Trinajstić information content (AvgIpc) is 3.12. The molecule has 0 radical (unpaired) electrons. The van der Waals surface area contributed by atoms with Crippen LogP contribution >= 0.6 is 0 Å². The number of benzene rings is 1. The van der Waals surface area contributed by atoms with Crippen molar-refractivity contribution < 1.29 is 9.59 Å². The van der Waals surface area contributed by atoms with Gasteiger partial charge in [-0.1, -0.05) is 30.3 Å². The van der Waals surface area contributed by atoms with E-state index in [2.05, 4.69) is 27.2 Å². The highest BCUT2D eigenvalue weighted by Crippen LogP contribution is 2.30. The minimum absolute atomic E-state index is 0.0249. The van der Waals surface area contributed by atoms with Gasteiger partial charge < -0.3 is 10.2 Å². The fraction of sp³-hybridized carbons (Fsp3) is 0.500. The molecular weight excluding hydrogens is 352 g/mol. The zero-order valence-corrected chi connectivity index (χ0v) is 16.4. The van der Waals surface area contributed by atoms with Gasteiger partial charge in [-0.25, -0.2) is 0 Å². The van der Waals surface area contributed by atoms with E-state index in [-0.39, 0.29) is 17.9 Å². The third-order valence-corrected chi connectivity index (χ3v) is 5.96. The summed E-state index contributed by atoms with van der Waals surface area (Å²) in [5.74, 6) is 0.0258. The fourth-order valence-electron chi connectivity index (χ4n) is 4.33. The molecule has 1 N–H and O–H groups in total. The van der Waals surface area contributed by atoms with Crippen LogP contribution in [0.2, 0.25) is 0 Å². The van der Waals surface area contributed by atoms with Crippen molar-refractivity contribution in [1.29, 1.82) is 0 Å². The van der Waals surface area contributed by atoms with Gasteiger partial charge in [0, 0.05) is 24.2 Å². The number of fused-ring (bicyclic) bond motifs is 1. The predicted molar refractivity (Wildman–Crippen MR) is 107 cm³/mol. The maximum absolute atomic E-state index is 12.8. The lowest BCUT2D eigenvalue weighted by Crippen LogP contribution is -2.50. The lowest BCUT2D eigenvalue weighted by Gasteiger charge is -2.33. The van der Waals surface area contributed by atoms with Gasteiger partial charge in [0.05, 0.1) is 18.8 Å². The molecule has 1 aliphatic carbocycles. The van der Waals surface area contributed by atoms with Crippen molar-refractivity contribution in [2.24, 2.45) is 0 Å². The minimum Gasteiger partial charge on any atom is -0.347 e. The topological polar surface area (TPSA) is 67.2 Å². The Morgan fingerprint density at radius 2 is 2.04 bits per heavy atom. The average molecular weight is 380 g/mol. The number of carbonyl (C=O) groups is 2. The minimum atomic E-state index is -0.419.